The number of carbonyl (C=O) groups excluding carboxylic acids is 1. The zero-order valence-corrected chi connectivity index (χ0v) is 14.0. The van der Waals surface area contributed by atoms with Gasteiger partial charge in [0.05, 0.1) is 11.9 Å². The molecular weight excluding hydrogens is 298 g/mol. The number of halogens is 1. The van der Waals surface area contributed by atoms with Crippen LogP contribution in [0.3, 0.4) is 0 Å². The van der Waals surface area contributed by atoms with E-state index in [0.717, 1.165) is 11.3 Å². The Balaban J connectivity index is 2.08. The number of benzene rings is 1. The van der Waals surface area contributed by atoms with Gasteiger partial charge in [0.15, 0.2) is 0 Å². The van der Waals surface area contributed by atoms with Gasteiger partial charge in [-0.3, -0.25) is 4.79 Å². The Labute approximate surface area is 135 Å². The summed E-state index contributed by atoms with van der Waals surface area (Å²) in [5.41, 5.74) is 2.80. The van der Waals surface area contributed by atoms with Crippen LogP contribution in [-0.2, 0) is 0 Å². The van der Waals surface area contributed by atoms with E-state index in [1.807, 2.05) is 25.1 Å². The van der Waals surface area contributed by atoms with Crippen LogP contribution in [-0.4, -0.2) is 16.4 Å². The summed E-state index contributed by atoms with van der Waals surface area (Å²) in [5, 5.41) is 6.71. The van der Waals surface area contributed by atoms with Crippen molar-refractivity contribution in [3.8, 4) is 0 Å². The minimum Gasteiger partial charge on any atom is -0.379 e. The summed E-state index contributed by atoms with van der Waals surface area (Å²) < 4.78 is 0. The molecule has 0 aliphatic rings. The predicted molar refractivity (Wildman–Crippen MR) is 91.8 cm³/mol. The lowest BCUT2D eigenvalue weighted by molar-refractivity contribution is 0.102. The summed E-state index contributed by atoms with van der Waals surface area (Å²) in [6.07, 6.45) is 1.66. The Morgan fingerprint density at radius 1 is 1.14 bits per heavy atom. The molecule has 1 aromatic heterocycles. The molecule has 116 valence electrons. The van der Waals surface area contributed by atoms with Gasteiger partial charge >= 0.3 is 0 Å². The van der Waals surface area contributed by atoms with Crippen molar-refractivity contribution < 1.29 is 4.79 Å². The molecule has 0 aliphatic heterocycles. The number of aromatic nitrogens is 1. The van der Waals surface area contributed by atoms with Gasteiger partial charge in [-0.05, 0) is 57.5 Å². The van der Waals surface area contributed by atoms with E-state index in [1.54, 1.807) is 18.3 Å². The van der Waals surface area contributed by atoms with E-state index in [-0.39, 0.29) is 11.4 Å². The molecule has 0 spiro atoms. The summed E-state index contributed by atoms with van der Waals surface area (Å²) in [4.78, 5) is 16.4. The van der Waals surface area contributed by atoms with Gasteiger partial charge in [-0.25, -0.2) is 4.98 Å². The van der Waals surface area contributed by atoms with Crippen molar-refractivity contribution in [3.63, 3.8) is 0 Å². The molecule has 0 unspecified atom stereocenters. The van der Waals surface area contributed by atoms with Crippen LogP contribution in [0.15, 0.2) is 36.5 Å². The van der Waals surface area contributed by atoms with Crippen molar-refractivity contribution in [2.45, 2.75) is 33.2 Å². The molecule has 0 radical (unpaired) electrons. The number of aryl methyl sites for hydroxylation is 1. The maximum atomic E-state index is 12.2. The number of anilines is 2. The maximum Gasteiger partial charge on any atom is 0.274 e. The third-order valence-electron chi connectivity index (χ3n) is 2.95. The van der Waals surface area contributed by atoms with Crippen LogP contribution >= 0.6 is 11.6 Å². The van der Waals surface area contributed by atoms with Crippen molar-refractivity contribution in [2.75, 3.05) is 10.6 Å². The number of pyridine rings is 1. The molecule has 1 amide bonds. The van der Waals surface area contributed by atoms with Crippen LogP contribution in [0.4, 0.5) is 11.4 Å². The van der Waals surface area contributed by atoms with Crippen LogP contribution in [0.25, 0.3) is 0 Å². The van der Waals surface area contributed by atoms with Crippen LogP contribution < -0.4 is 10.6 Å². The van der Waals surface area contributed by atoms with E-state index >= 15 is 0 Å². The second-order valence-electron chi connectivity index (χ2n) is 6.23. The van der Waals surface area contributed by atoms with Gasteiger partial charge in [-0.15, -0.1) is 0 Å². The highest BCUT2D eigenvalue weighted by Gasteiger charge is 2.11. The lowest BCUT2D eigenvalue weighted by Gasteiger charge is -2.21. The second kappa shape index (κ2) is 6.36. The standard InChI is InChI=1S/C17H20ClN3O/c1-11-5-6-12(9-14(11)18)20-16(22)15-8-7-13(10-19-15)21-17(2,3)4/h5-10,21H,1-4H3,(H,20,22). The minimum atomic E-state index is -0.262. The Morgan fingerprint density at radius 2 is 1.82 bits per heavy atom. The summed E-state index contributed by atoms with van der Waals surface area (Å²) in [6.45, 7) is 8.11. The zero-order valence-electron chi connectivity index (χ0n) is 13.2. The van der Waals surface area contributed by atoms with Crippen LogP contribution in [0.5, 0.6) is 0 Å². The topological polar surface area (TPSA) is 54.0 Å². The van der Waals surface area contributed by atoms with Gasteiger partial charge in [0.2, 0.25) is 0 Å². The molecule has 4 nitrogen and oxygen atoms in total. The fourth-order valence-corrected chi connectivity index (χ4v) is 2.08. The van der Waals surface area contributed by atoms with Gasteiger partial charge in [0.25, 0.3) is 5.91 Å². The first kappa shape index (κ1) is 16.3. The Hall–Kier alpha value is -2.07. The zero-order chi connectivity index (χ0) is 16.3. The van der Waals surface area contributed by atoms with Crippen molar-refractivity contribution >= 4 is 28.9 Å². The summed E-state index contributed by atoms with van der Waals surface area (Å²) in [6, 6.07) is 8.94. The summed E-state index contributed by atoms with van der Waals surface area (Å²) >= 11 is 6.05. The smallest absolute Gasteiger partial charge is 0.274 e. The monoisotopic (exact) mass is 317 g/mol. The number of carbonyl (C=O) groups is 1. The highest BCUT2D eigenvalue weighted by Crippen LogP contribution is 2.20. The fourth-order valence-electron chi connectivity index (χ4n) is 1.90. The van der Waals surface area contributed by atoms with Gasteiger partial charge < -0.3 is 10.6 Å². The number of hydrogen-bond acceptors (Lipinski definition) is 3. The van der Waals surface area contributed by atoms with Crippen molar-refractivity contribution in [1.29, 1.82) is 0 Å². The molecule has 0 saturated carbocycles. The van der Waals surface area contributed by atoms with Gasteiger partial charge in [-0.2, -0.15) is 0 Å². The summed E-state index contributed by atoms with van der Waals surface area (Å²) in [5.74, 6) is -0.262. The molecule has 2 aromatic rings. The lowest BCUT2D eigenvalue weighted by atomic mass is 10.1. The van der Waals surface area contributed by atoms with E-state index < -0.39 is 0 Å². The number of amides is 1. The van der Waals surface area contributed by atoms with Crippen LogP contribution in [0.1, 0.15) is 36.8 Å². The average Bonchev–Trinajstić information content (AvgIpc) is 2.42. The molecule has 2 N–H and O–H groups in total. The molecule has 5 heteroatoms. The first-order valence-electron chi connectivity index (χ1n) is 7.06. The average molecular weight is 318 g/mol. The van der Waals surface area contributed by atoms with E-state index in [9.17, 15) is 4.79 Å². The van der Waals surface area contributed by atoms with E-state index in [0.29, 0.717) is 16.4 Å². The normalized spacial score (nSPS) is 11.1. The number of rotatable bonds is 3. The van der Waals surface area contributed by atoms with Gasteiger partial charge in [0.1, 0.15) is 5.69 Å². The van der Waals surface area contributed by atoms with Gasteiger partial charge in [-0.1, -0.05) is 17.7 Å². The van der Waals surface area contributed by atoms with Crippen molar-refractivity contribution in [1.82, 2.24) is 4.98 Å². The highest BCUT2D eigenvalue weighted by atomic mass is 35.5. The first-order valence-corrected chi connectivity index (χ1v) is 7.44. The van der Waals surface area contributed by atoms with E-state index in [2.05, 4.69) is 36.4 Å². The molecule has 1 heterocycles. The molecular formula is C17H20ClN3O. The van der Waals surface area contributed by atoms with Crippen molar-refractivity contribution in [3.05, 3.63) is 52.8 Å². The molecule has 0 aliphatic carbocycles. The quantitative estimate of drug-likeness (QED) is 0.876. The Morgan fingerprint density at radius 3 is 2.36 bits per heavy atom. The molecule has 0 fully saturated rings. The fraction of sp³-hybridized carbons (Fsp3) is 0.294. The number of nitrogens with zero attached hydrogens (tertiary/aromatic N) is 1. The highest BCUT2D eigenvalue weighted by molar-refractivity contribution is 6.31. The molecule has 22 heavy (non-hydrogen) atoms. The van der Waals surface area contributed by atoms with Gasteiger partial charge in [0, 0.05) is 16.2 Å². The van der Waals surface area contributed by atoms with Crippen molar-refractivity contribution in [2.24, 2.45) is 0 Å². The summed E-state index contributed by atoms with van der Waals surface area (Å²) in [7, 11) is 0. The first-order chi connectivity index (χ1) is 10.2. The lowest BCUT2D eigenvalue weighted by Crippen LogP contribution is -2.26. The molecule has 0 saturated heterocycles. The Bertz CT molecular complexity index is 675. The third-order valence-corrected chi connectivity index (χ3v) is 3.35. The maximum absolute atomic E-state index is 12.2. The minimum absolute atomic E-state index is 0.0515. The van der Waals surface area contributed by atoms with E-state index in [4.69, 9.17) is 11.6 Å². The van der Waals surface area contributed by atoms with E-state index in [1.165, 1.54) is 0 Å². The largest absolute Gasteiger partial charge is 0.379 e. The second-order valence-corrected chi connectivity index (χ2v) is 6.63. The van der Waals surface area contributed by atoms with Crippen LogP contribution in [0, 0.1) is 6.92 Å². The molecule has 1 aromatic carbocycles. The molecule has 0 bridgehead atoms. The third kappa shape index (κ3) is 4.46. The van der Waals surface area contributed by atoms with Crippen LogP contribution in [0.2, 0.25) is 5.02 Å². The Kier molecular flexibility index (Phi) is 4.71. The SMILES string of the molecule is Cc1ccc(NC(=O)c2ccc(NC(C)(C)C)cn2)cc1Cl. The predicted octanol–water partition coefficient (Wildman–Crippen LogP) is 4.51. The number of hydrogen-bond donors (Lipinski definition) is 2. The molecule has 0 atom stereocenters. The molecule has 2 rings (SSSR count). The number of nitrogens with one attached hydrogen (secondary N) is 2.